The number of carbonyl (C=O) groups excluding carboxylic acids is 2. The molecule has 0 fully saturated rings. The average Bonchev–Trinajstić information content (AvgIpc) is 2.54. The van der Waals surface area contributed by atoms with Crippen molar-refractivity contribution < 1.29 is 27.5 Å². The molecule has 0 aromatic heterocycles. The molecule has 0 aliphatic rings. The SMILES string of the molecule is CC(=O)Nc1ccc(NC(=O)COc2c(C)cccc2C)c(C(F)(F)F)c1. The van der Waals surface area contributed by atoms with Gasteiger partial charge in [0.1, 0.15) is 5.75 Å². The van der Waals surface area contributed by atoms with E-state index in [1.807, 2.05) is 32.0 Å². The third-order valence-corrected chi connectivity index (χ3v) is 3.68. The van der Waals surface area contributed by atoms with Crippen molar-refractivity contribution in [1.82, 2.24) is 0 Å². The molecule has 0 unspecified atom stereocenters. The van der Waals surface area contributed by atoms with Crippen LogP contribution in [0.2, 0.25) is 0 Å². The third kappa shape index (κ3) is 5.47. The standard InChI is InChI=1S/C19H19F3N2O3/c1-11-5-4-6-12(2)18(11)27-10-17(26)24-16-8-7-14(23-13(3)25)9-15(16)19(20,21)22/h4-9H,10H2,1-3H3,(H,23,25)(H,24,26). The summed E-state index contributed by atoms with van der Waals surface area (Å²) in [5, 5.41) is 4.49. The molecule has 0 saturated carbocycles. The lowest BCUT2D eigenvalue weighted by Crippen LogP contribution is -2.23. The fraction of sp³-hybridized carbons (Fsp3) is 0.263. The van der Waals surface area contributed by atoms with Crippen LogP contribution in [-0.4, -0.2) is 18.4 Å². The molecule has 144 valence electrons. The zero-order valence-electron chi connectivity index (χ0n) is 15.0. The van der Waals surface area contributed by atoms with Gasteiger partial charge in [0, 0.05) is 12.6 Å². The molecule has 2 amide bonds. The lowest BCUT2D eigenvalue weighted by molar-refractivity contribution is -0.137. The van der Waals surface area contributed by atoms with E-state index in [1.54, 1.807) is 0 Å². The summed E-state index contributed by atoms with van der Waals surface area (Å²) in [7, 11) is 0. The van der Waals surface area contributed by atoms with Gasteiger partial charge in [-0.2, -0.15) is 13.2 Å². The Bertz CT molecular complexity index is 844. The van der Waals surface area contributed by atoms with Crippen molar-refractivity contribution in [2.24, 2.45) is 0 Å². The Morgan fingerprint density at radius 3 is 2.22 bits per heavy atom. The highest BCUT2D eigenvalue weighted by Crippen LogP contribution is 2.36. The number of benzene rings is 2. The van der Waals surface area contributed by atoms with Crippen LogP contribution >= 0.6 is 0 Å². The molecule has 0 atom stereocenters. The van der Waals surface area contributed by atoms with E-state index in [1.165, 1.54) is 13.0 Å². The van der Waals surface area contributed by atoms with Crippen LogP contribution in [0, 0.1) is 13.8 Å². The Morgan fingerprint density at radius 1 is 1.04 bits per heavy atom. The average molecular weight is 380 g/mol. The van der Waals surface area contributed by atoms with Gasteiger partial charge in [0.2, 0.25) is 5.91 Å². The van der Waals surface area contributed by atoms with Gasteiger partial charge in [-0.25, -0.2) is 0 Å². The lowest BCUT2D eigenvalue weighted by atomic mass is 10.1. The summed E-state index contributed by atoms with van der Waals surface area (Å²) in [5.41, 5.74) is 0.150. The molecule has 2 aromatic rings. The molecular formula is C19H19F3N2O3. The van der Waals surface area contributed by atoms with Gasteiger partial charge >= 0.3 is 6.18 Å². The summed E-state index contributed by atoms with van der Waals surface area (Å²) < 4.78 is 45.3. The first-order valence-electron chi connectivity index (χ1n) is 8.05. The Balaban J connectivity index is 2.15. The number of alkyl halides is 3. The number of rotatable bonds is 5. The molecule has 0 spiro atoms. The first-order chi connectivity index (χ1) is 12.6. The van der Waals surface area contributed by atoms with Crippen molar-refractivity contribution >= 4 is 23.2 Å². The molecular weight excluding hydrogens is 361 g/mol. The van der Waals surface area contributed by atoms with Crippen LogP contribution in [0.3, 0.4) is 0 Å². The highest BCUT2D eigenvalue weighted by molar-refractivity contribution is 5.94. The minimum Gasteiger partial charge on any atom is -0.483 e. The maximum Gasteiger partial charge on any atom is 0.418 e. The number of amides is 2. The highest BCUT2D eigenvalue weighted by atomic mass is 19.4. The van der Waals surface area contributed by atoms with Crippen molar-refractivity contribution in [3.8, 4) is 5.75 Å². The predicted molar refractivity (Wildman–Crippen MR) is 95.8 cm³/mol. The van der Waals surface area contributed by atoms with E-state index < -0.39 is 35.8 Å². The molecule has 0 heterocycles. The molecule has 2 aromatic carbocycles. The molecule has 2 N–H and O–H groups in total. The van der Waals surface area contributed by atoms with Crippen LogP contribution in [0.1, 0.15) is 23.6 Å². The van der Waals surface area contributed by atoms with Gasteiger partial charge in [-0.3, -0.25) is 9.59 Å². The lowest BCUT2D eigenvalue weighted by Gasteiger charge is -2.16. The quantitative estimate of drug-likeness (QED) is 0.813. The second kappa shape index (κ2) is 8.11. The first kappa shape index (κ1) is 20.3. The van der Waals surface area contributed by atoms with E-state index in [0.29, 0.717) is 5.75 Å². The van der Waals surface area contributed by atoms with E-state index in [0.717, 1.165) is 23.3 Å². The van der Waals surface area contributed by atoms with Crippen molar-refractivity contribution in [3.63, 3.8) is 0 Å². The highest BCUT2D eigenvalue weighted by Gasteiger charge is 2.34. The maximum atomic E-state index is 13.3. The number of nitrogens with one attached hydrogen (secondary N) is 2. The second-order valence-electron chi connectivity index (χ2n) is 6.00. The van der Waals surface area contributed by atoms with E-state index in [4.69, 9.17) is 4.74 Å². The minimum absolute atomic E-state index is 0.0143. The third-order valence-electron chi connectivity index (χ3n) is 3.68. The molecule has 27 heavy (non-hydrogen) atoms. The number of carbonyl (C=O) groups is 2. The molecule has 5 nitrogen and oxygen atoms in total. The van der Waals surface area contributed by atoms with Crippen molar-refractivity contribution in [2.45, 2.75) is 26.9 Å². The topological polar surface area (TPSA) is 67.4 Å². The van der Waals surface area contributed by atoms with Crippen LogP contribution in [0.15, 0.2) is 36.4 Å². The summed E-state index contributed by atoms with van der Waals surface area (Å²) in [4.78, 5) is 23.1. The van der Waals surface area contributed by atoms with E-state index in [9.17, 15) is 22.8 Å². The van der Waals surface area contributed by atoms with Crippen molar-refractivity contribution in [1.29, 1.82) is 0 Å². The molecule has 0 aliphatic heterocycles. The smallest absolute Gasteiger partial charge is 0.418 e. The molecule has 0 aliphatic carbocycles. The normalized spacial score (nSPS) is 11.0. The fourth-order valence-electron chi connectivity index (χ4n) is 2.52. The summed E-state index contributed by atoms with van der Waals surface area (Å²) in [6, 6.07) is 8.59. The van der Waals surface area contributed by atoms with Gasteiger partial charge in [0.05, 0.1) is 11.3 Å². The number of hydrogen-bond donors (Lipinski definition) is 2. The molecule has 8 heteroatoms. The number of para-hydroxylation sites is 1. The Hall–Kier alpha value is -3.03. The fourth-order valence-corrected chi connectivity index (χ4v) is 2.52. The Kier molecular flexibility index (Phi) is 6.09. The Morgan fingerprint density at radius 2 is 1.67 bits per heavy atom. The summed E-state index contributed by atoms with van der Waals surface area (Å²) >= 11 is 0. The summed E-state index contributed by atoms with van der Waals surface area (Å²) in [6.45, 7) is 4.37. The van der Waals surface area contributed by atoms with Crippen LogP contribution in [-0.2, 0) is 15.8 Å². The number of halogens is 3. The predicted octanol–water partition coefficient (Wildman–Crippen LogP) is 4.30. The van der Waals surface area contributed by atoms with Crippen molar-refractivity contribution in [3.05, 3.63) is 53.1 Å². The largest absolute Gasteiger partial charge is 0.483 e. The van der Waals surface area contributed by atoms with E-state index in [2.05, 4.69) is 10.6 Å². The monoisotopic (exact) mass is 380 g/mol. The first-order valence-corrected chi connectivity index (χ1v) is 8.05. The van der Waals surface area contributed by atoms with Gasteiger partial charge < -0.3 is 15.4 Å². The maximum absolute atomic E-state index is 13.3. The van der Waals surface area contributed by atoms with Gasteiger partial charge in [-0.05, 0) is 43.2 Å². The number of hydrogen-bond acceptors (Lipinski definition) is 3. The summed E-state index contributed by atoms with van der Waals surface area (Å²) in [6.07, 6.45) is -4.70. The minimum atomic E-state index is -4.70. The molecule has 0 bridgehead atoms. The second-order valence-corrected chi connectivity index (χ2v) is 6.00. The van der Waals surface area contributed by atoms with Crippen LogP contribution < -0.4 is 15.4 Å². The van der Waals surface area contributed by atoms with Gasteiger partial charge in [0.15, 0.2) is 6.61 Å². The van der Waals surface area contributed by atoms with Crippen LogP contribution in [0.5, 0.6) is 5.75 Å². The van der Waals surface area contributed by atoms with Crippen molar-refractivity contribution in [2.75, 3.05) is 17.2 Å². The zero-order valence-corrected chi connectivity index (χ0v) is 15.0. The molecule has 0 radical (unpaired) electrons. The van der Waals surface area contributed by atoms with Gasteiger partial charge in [0.25, 0.3) is 5.91 Å². The number of ether oxygens (including phenoxy) is 1. The van der Waals surface area contributed by atoms with E-state index >= 15 is 0 Å². The summed E-state index contributed by atoms with van der Waals surface area (Å²) in [5.74, 6) is -0.706. The van der Waals surface area contributed by atoms with E-state index in [-0.39, 0.29) is 5.69 Å². The van der Waals surface area contributed by atoms with Crippen LogP contribution in [0.25, 0.3) is 0 Å². The van der Waals surface area contributed by atoms with Crippen LogP contribution in [0.4, 0.5) is 24.5 Å². The molecule has 0 saturated heterocycles. The Labute approximate surface area is 154 Å². The number of aryl methyl sites for hydroxylation is 2. The van der Waals surface area contributed by atoms with Gasteiger partial charge in [-0.15, -0.1) is 0 Å². The molecule has 2 rings (SSSR count). The van der Waals surface area contributed by atoms with Gasteiger partial charge in [-0.1, -0.05) is 18.2 Å². The zero-order chi connectivity index (χ0) is 20.2. The number of anilines is 2.